The van der Waals surface area contributed by atoms with Gasteiger partial charge in [-0.3, -0.25) is 4.68 Å². The zero-order chi connectivity index (χ0) is 20.6. The van der Waals surface area contributed by atoms with Gasteiger partial charge in [-0.15, -0.1) is 0 Å². The molecule has 0 aliphatic rings. The molecule has 0 aliphatic carbocycles. The monoisotopic (exact) mass is 386 g/mol. The molecule has 1 aromatic heterocycles. The Morgan fingerprint density at radius 2 is 1.71 bits per heavy atom. The third kappa shape index (κ3) is 6.22. The average Bonchev–Trinajstić information content (AvgIpc) is 3.10. The molecule has 2 rings (SSSR count). The van der Waals surface area contributed by atoms with Crippen LogP contribution in [0, 0.1) is 0 Å². The summed E-state index contributed by atoms with van der Waals surface area (Å²) >= 11 is 0. The Hall–Kier alpha value is -2.63. The predicted octanol–water partition coefficient (Wildman–Crippen LogP) is 4.38. The lowest BCUT2D eigenvalue weighted by atomic mass is 9.92. The van der Waals surface area contributed by atoms with Crippen molar-refractivity contribution in [2.24, 2.45) is 0 Å². The fraction of sp³-hybridized carbons (Fsp3) is 0.500. The van der Waals surface area contributed by atoms with Crippen LogP contribution in [0.5, 0.6) is 0 Å². The topological polar surface area (TPSA) is 70.4 Å². The summed E-state index contributed by atoms with van der Waals surface area (Å²) in [4.78, 5) is 24.1. The molecule has 6 nitrogen and oxygen atoms in total. The molecule has 2 aromatic rings. The third-order valence-electron chi connectivity index (χ3n) is 4.29. The van der Waals surface area contributed by atoms with Crippen LogP contribution < -0.4 is 0 Å². The molecular weight excluding hydrogens is 356 g/mol. The lowest BCUT2D eigenvalue weighted by molar-refractivity contribution is 0.0489. The highest BCUT2D eigenvalue weighted by Crippen LogP contribution is 2.22. The molecular formula is C22H30N2O4. The van der Waals surface area contributed by atoms with Gasteiger partial charge in [-0.25, -0.2) is 9.59 Å². The summed E-state index contributed by atoms with van der Waals surface area (Å²) in [6.45, 7) is 9.32. The summed E-state index contributed by atoms with van der Waals surface area (Å²) < 4.78 is 12.2. The normalized spacial score (nSPS) is 11.3. The van der Waals surface area contributed by atoms with Crippen molar-refractivity contribution in [3.05, 3.63) is 53.3 Å². The van der Waals surface area contributed by atoms with Crippen LogP contribution in [0.25, 0.3) is 0 Å². The van der Waals surface area contributed by atoms with Crippen molar-refractivity contribution in [1.82, 2.24) is 9.78 Å². The molecule has 0 fully saturated rings. The molecule has 0 radical (unpaired) electrons. The number of rotatable bonds is 9. The van der Waals surface area contributed by atoms with Crippen LogP contribution in [0.1, 0.15) is 73.5 Å². The Morgan fingerprint density at radius 3 is 2.36 bits per heavy atom. The van der Waals surface area contributed by atoms with Crippen molar-refractivity contribution < 1.29 is 19.1 Å². The van der Waals surface area contributed by atoms with Gasteiger partial charge in [0.1, 0.15) is 5.69 Å². The molecule has 1 heterocycles. The first-order chi connectivity index (χ1) is 13.3. The second-order valence-electron chi connectivity index (χ2n) is 7.67. The van der Waals surface area contributed by atoms with Gasteiger partial charge >= 0.3 is 11.9 Å². The number of benzene rings is 1. The number of nitrogens with zero attached hydrogens (tertiary/aromatic N) is 2. The minimum absolute atomic E-state index is 0.141. The summed E-state index contributed by atoms with van der Waals surface area (Å²) in [6, 6.07) is 10.8. The molecule has 28 heavy (non-hydrogen) atoms. The molecule has 1 aromatic carbocycles. The second-order valence-corrected chi connectivity index (χ2v) is 7.67. The Bertz CT molecular complexity index is 776. The van der Waals surface area contributed by atoms with Gasteiger partial charge in [-0.05, 0) is 44.4 Å². The molecule has 0 aliphatic heterocycles. The third-order valence-corrected chi connectivity index (χ3v) is 4.29. The standard InChI is InChI=1S/C22H30N2O4/c1-5-27-21(26)18-16-19(22(2,3)4)23-24(18)14-10-7-11-15-28-20(25)17-12-8-6-9-13-17/h6,8-9,12-13,16H,5,7,10-11,14-15H2,1-4H3. The van der Waals surface area contributed by atoms with Crippen molar-refractivity contribution in [3.63, 3.8) is 0 Å². The van der Waals surface area contributed by atoms with E-state index in [0.717, 1.165) is 25.0 Å². The molecule has 6 heteroatoms. The molecule has 0 unspecified atom stereocenters. The molecule has 0 amide bonds. The van der Waals surface area contributed by atoms with Crippen molar-refractivity contribution >= 4 is 11.9 Å². The van der Waals surface area contributed by atoms with Gasteiger partial charge in [0.25, 0.3) is 0 Å². The quantitative estimate of drug-likeness (QED) is 0.472. The molecule has 152 valence electrons. The zero-order valence-corrected chi connectivity index (χ0v) is 17.2. The van der Waals surface area contributed by atoms with E-state index < -0.39 is 0 Å². The van der Waals surface area contributed by atoms with Gasteiger partial charge < -0.3 is 9.47 Å². The molecule has 0 spiro atoms. The van der Waals surface area contributed by atoms with E-state index in [2.05, 4.69) is 25.9 Å². The van der Waals surface area contributed by atoms with Gasteiger partial charge in [0, 0.05) is 12.0 Å². The number of hydrogen-bond donors (Lipinski definition) is 0. The summed E-state index contributed by atoms with van der Waals surface area (Å²) in [5.41, 5.74) is 1.78. The maximum absolute atomic E-state index is 12.2. The van der Waals surface area contributed by atoms with Crippen LogP contribution in [-0.2, 0) is 21.4 Å². The van der Waals surface area contributed by atoms with Gasteiger partial charge in [0.05, 0.1) is 24.5 Å². The first kappa shape index (κ1) is 21.7. The van der Waals surface area contributed by atoms with Crippen molar-refractivity contribution in [2.45, 2.75) is 58.9 Å². The average molecular weight is 386 g/mol. The van der Waals surface area contributed by atoms with E-state index in [-0.39, 0.29) is 17.4 Å². The van der Waals surface area contributed by atoms with E-state index in [1.54, 1.807) is 23.7 Å². The van der Waals surface area contributed by atoms with Crippen LogP contribution in [0.3, 0.4) is 0 Å². The Morgan fingerprint density at radius 1 is 1.00 bits per heavy atom. The summed E-state index contributed by atoms with van der Waals surface area (Å²) in [5.74, 6) is -0.644. The minimum Gasteiger partial charge on any atom is -0.462 e. The van der Waals surface area contributed by atoms with E-state index in [1.807, 2.05) is 24.3 Å². The number of unbranched alkanes of at least 4 members (excludes halogenated alkanes) is 2. The Balaban J connectivity index is 1.82. The lowest BCUT2D eigenvalue weighted by Crippen LogP contribution is -2.15. The van der Waals surface area contributed by atoms with Gasteiger partial charge in [0.15, 0.2) is 0 Å². The largest absolute Gasteiger partial charge is 0.462 e. The number of aromatic nitrogens is 2. The van der Waals surface area contributed by atoms with Crippen molar-refractivity contribution in [3.8, 4) is 0 Å². The van der Waals surface area contributed by atoms with E-state index in [9.17, 15) is 9.59 Å². The van der Waals surface area contributed by atoms with Crippen molar-refractivity contribution in [2.75, 3.05) is 13.2 Å². The summed E-state index contributed by atoms with van der Waals surface area (Å²) in [5, 5.41) is 4.60. The second kappa shape index (κ2) is 10.1. The highest BCUT2D eigenvalue weighted by molar-refractivity contribution is 5.89. The van der Waals surface area contributed by atoms with Gasteiger partial charge in [-0.2, -0.15) is 5.10 Å². The minimum atomic E-state index is -0.345. The first-order valence-corrected chi connectivity index (χ1v) is 9.80. The molecule has 0 bridgehead atoms. The first-order valence-electron chi connectivity index (χ1n) is 9.80. The summed E-state index contributed by atoms with van der Waals surface area (Å²) in [6.07, 6.45) is 2.47. The Labute approximate surface area is 166 Å². The number of hydrogen-bond acceptors (Lipinski definition) is 5. The maximum Gasteiger partial charge on any atom is 0.356 e. The zero-order valence-electron chi connectivity index (χ0n) is 17.2. The molecule has 0 saturated heterocycles. The smallest absolute Gasteiger partial charge is 0.356 e. The lowest BCUT2D eigenvalue weighted by Gasteiger charge is -2.14. The molecule has 0 N–H and O–H groups in total. The number of carbonyl (C=O) groups excluding carboxylic acids is 2. The number of carbonyl (C=O) groups is 2. The predicted molar refractivity (Wildman–Crippen MR) is 107 cm³/mol. The number of esters is 2. The highest BCUT2D eigenvalue weighted by Gasteiger charge is 2.23. The van der Waals surface area contributed by atoms with Crippen molar-refractivity contribution in [1.29, 1.82) is 0 Å². The summed E-state index contributed by atoms with van der Waals surface area (Å²) in [7, 11) is 0. The van der Waals surface area contributed by atoms with Crippen LogP contribution in [-0.4, -0.2) is 34.9 Å². The van der Waals surface area contributed by atoms with Crippen LogP contribution in [0.2, 0.25) is 0 Å². The van der Waals surface area contributed by atoms with Crippen LogP contribution in [0.15, 0.2) is 36.4 Å². The fourth-order valence-electron chi connectivity index (χ4n) is 2.69. The fourth-order valence-corrected chi connectivity index (χ4v) is 2.69. The molecule has 0 saturated carbocycles. The number of ether oxygens (including phenoxy) is 2. The maximum atomic E-state index is 12.2. The van der Waals surface area contributed by atoms with E-state index in [4.69, 9.17) is 9.47 Å². The van der Waals surface area contributed by atoms with Crippen LogP contribution in [0.4, 0.5) is 0 Å². The van der Waals surface area contributed by atoms with Gasteiger partial charge in [0.2, 0.25) is 0 Å². The van der Waals surface area contributed by atoms with E-state index >= 15 is 0 Å². The Kier molecular flexibility index (Phi) is 7.79. The highest BCUT2D eigenvalue weighted by atomic mass is 16.5. The van der Waals surface area contributed by atoms with Crippen LogP contribution >= 0.6 is 0 Å². The SMILES string of the molecule is CCOC(=O)c1cc(C(C)(C)C)nn1CCCCCOC(=O)c1ccccc1. The van der Waals surface area contributed by atoms with E-state index in [1.165, 1.54) is 0 Å². The number of aryl methyl sites for hydroxylation is 1. The van der Waals surface area contributed by atoms with E-state index in [0.29, 0.717) is 31.0 Å². The molecule has 0 atom stereocenters. The van der Waals surface area contributed by atoms with Gasteiger partial charge in [-0.1, -0.05) is 39.0 Å².